The molecule has 176 valence electrons. The van der Waals surface area contributed by atoms with Gasteiger partial charge in [0.2, 0.25) is 11.8 Å². The molecule has 0 bridgehead atoms. The standard InChI is InChI=1S/C24H19N5O6/c1-14-21(22(28-35-14)15-5-3-2-4-6-15)23-26-25-19(34-23)13-33-24(32)16-7-9-17(10-8-16)29-20(31)12-11-18(30)27-29/h2-10H,11-13H2,1H3,(H,27,30). The van der Waals surface area contributed by atoms with Crippen LogP contribution < -0.4 is 10.4 Å². The van der Waals surface area contributed by atoms with Gasteiger partial charge in [0, 0.05) is 18.4 Å². The number of anilines is 1. The van der Waals surface area contributed by atoms with Gasteiger partial charge in [-0.15, -0.1) is 10.2 Å². The van der Waals surface area contributed by atoms with E-state index in [0.29, 0.717) is 22.7 Å². The molecular weight excluding hydrogens is 454 g/mol. The fourth-order valence-electron chi connectivity index (χ4n) is 3.57. The van der Waals surface area contributed by atoms with Crippen LogP contribution in [0.1, 0.15) is 34.9 Å². The number of carbonyl (C=O) groups excluding carboxylic acids is 3. The predicted octanol–water partition coefficient (Wildman–Crippen LogP) is 3.22. The normalized spacial score (nSPS) is 13.6. The van der Waals surface area contributed by atoms with Crippen molar-refractivity contribution in [2.24, 2.45) is 0 Å². The molecule has 11 nitrogen and oxygen atoms in total. The first-order chi connectivity index (χ1) is 17.0. The van der Waals surface area contributed by atoms with E-state index in [1.54, 1.807) is 19.1 Å². The molecule has 1 aliphatic heterocycles. The Morgan fingerprint density at radius 3 is 2.60 bits per heavy atom. The summed E-state index contributed by atoms with van der Waals surface area (Å²) in [5.41, 5.74) is 5.17. The average Bonchev–Trinajstić information content (AvgIpc) is 3.51. The van der Waals surface area contributed by atoms with E-state index < -0.39 is 5.97 Å². The Labute approximate surface area is 198 Å². The summed E-state index contributed by atoms with van der Waals surface area (Å²) < 4.78 is 16.3. The Morgan fingerprint density at radius 1 is 1.06 bits per heavy atom. The third-order valence-electron chi connectivity index (χ3n) is 5.33. The van der Waals surface area contributed by atoms with Crippen LogP contribution in [0.15, 0.2) is 63.5 Å². The van der Waals surface area contributed by atoms with Crippen LogP contribution in [0.3, 0.4) is 0 Å². The van der Waals surface area contributed by atoms with Gasteiger partial charge in [0.05, 0.1) is 11.3 Å². The van der Waals surface area contributed by atoms with E-state index in [0.717, 1.165) is 10.6 Å². The fraction of sp³-hybridized carbons (Fsp3) is 0.167. The minimum atomic E-state index is -0.614. The van der Waals surface area contributed by atoms with Crippen molar-refractivity contribution in [3.8, 4) is 22.7 Å². The molecule has 0 spiro atoms. The summed E-state index contributed by atoms with van der Waals surface area (Å²) in [7, 11) is 0. The third kappa shape index (κ3) is 4.51. The van der Waals surface area contributed by atoms with E-state index in [9.17, 15) is 14.4 Å². The summed E-state index contributed by atoms with van der Waals surface area (Å²) in [4.78, 5) is 36.0. The summed E-state index contributed by atoms with van der Waals surface area (Å²) in [5.74, 6) is -0.275. The molecule has 2 amide bonds. The maximum atomic E-state index is 12.5. The van der Waals surface area contributed by atoms with Crippen molar-refractivity contribution >= 4 is 23.5 Å². The Morgan fingerprint density at radius 2 is 1.83 bits per heavy atom. The van der Waals surface area contributed by atoms with Crippen molar-refractivity contribution in [1.29, 1.82) is 0 Å². The quantitative estimate of drug-likeness (QED) is 0.418. The van der Waals surface area contributed by atoms with Gasteiger partial charge in [-0.1, -0.05) is 35.5 Å². The monoisotopic (exact) mass is 473 g/mol. The maximum absolute atomic E-state index is 12.5. The number of ether oxygens (including phenoxy) is 1. The number of benzene rings is 2. The molecule has 0 saturated carbocycles. The van der Waals surface area contributed by atoms with Gasteiger partial charge in [-0.25, -0.2) is 9.80 Å². The van der Waals surface area contributed by atoms with Gasteiger partial charge in [0.25, 0.3) is 11.8 Å². The zero-order valence-electron chi connectivity index (χ0n) is 18.6. The summed E-state index contributed by atoms with van der Waals surface area (Å²) >= 11 is 0. The van der Waals surface area contributed by atoms with Crippen LogP contribution in [0.5, 0.6) is 0 Å². The lowest BCUT2D eigenvalue weighted by Gasteiger charge is -2.27. The molecule has 2 aromatic carbocycles. The minimum absolute atomic E-state index is 0.103. The van der Waals surface area contributed by atoms with Crippen LogP contribution in [0.4, 0.5) is 5.69 Å². The number of aryl methyl sites for hydroxylation is 1. The number of rotatable bonds is 6. The largest absolute Gasteiger partial charge is 0.452 e. The van der Waals surface area contributed by atoms with E-state index in [1.165, 1.54) is 12.1 Å². The number of hydrogen-bond donors (Lipinski definition) is 1. The molecule has 0 unspecified atom stereocenters. The van der Waals surface area contributed by atoms with Crippen LogP contribution in [0.2, 0.25) is 0 Å². The predicted molar refractivity (Wildman–Crippen MR) is 120 cm³/mol. The zero-order chi connectivity index (χ0) is 24.4. The summed E-state index contributed by atoms with van der Waals surface area (Å²) in [6.45, 7) is 1.50. The van der Waals surface area contributed by atoms with Crippen LogP contribution in [-0.2, 0) is 20.9 Å². The van der Waals surface area contributed by atoms with Gasteiger partial charge >= 0.3 is 5.97 Å². The van der Waals surface area contributed by atoms with Crippen LogP contribution >= 0.6 is 0 Å². The zero-order valence-corrected chi connectivity index (χ0v) is 18.6. The van der Waals surface area contributed by atoms with Crippen molar-refractivity contribution < 1.29 is 28.1 Å². The van der Waals surface area contributed by atoms with Gasteiger partial charge in [0.15, 0.2) is 6.61 Å². The van der Waals surface area contributed by atoms with Crippen molar-refractivity contribution in [3.05, 3.63) is 71.8 Å². The summed E-state index contributed by atoms with van der Waals surface area (Å²) in [6.07, 6.45) is 0.282. The number of amides is 2. The van der Waals surface area contributed by atoms with E-state index in [4.69, 9.17) is 13.7 Å². The molecular formula is C24H19N5O6. The molecule has 0 atom stereocenters. The molecule has 1 saturated heterocycles. The number of hydrogen-bond acceptors (Lipinski definition) is 9. The first kappa shape index (κ1) is 22.0. The topological polar surface area (TPSA) is 141 Å². The molecule has 1 fully saturated rings. The van der Waals surface area contributed by atoms with E-state index >= 15 is 0 Å². The molecule has 35 heavy (non-hydrogen) atoms. The lowest BCUT2D eigenvalue weighted by atomic mass is 10.1. The molecule has 0 radical (unpaired) electrons. The van der Waals surface area contributed by atoms with Gasteiger partial charge in [0.1, 0.15) is 17.0 Å². The number of esters is 1. The number of hydrazine groups is 1. The van der Waals surface area contributed by atoms with Crippen LogP contribution in [0, 0.1) is 6.92 Å². The second kappa shape index (κ2) is 9.21. The summed E-state index contributed by atoms with van der Waals surface area (Å²) in [6, 6.07) is 15.5. The second-order valence-corrected chi connectivity index (χ2v) is 7.72. The highest BCUT2D eigenvalue weighted by atomic mass is 16.5. The Balaban J connectivity index is 1.25. The molecule has 1 aliphatic rings. The fourth-order valence-corrected chi connectivity index (χ4v) is 3.57. The van der Waals surface area contributed by atoms with E-state index in [1.807, 2.05) is 30.3 Å². The number of nitrogens with one attached hydrogen (secondary N) is 1. The lowest BCUT2D eigenvalue weighted by Crippen LogP contribution is -2.50. The number of nitrogens with zero attached hydrogens (tertiary/aromatic N) is 4. The maximum Gasteiger partial charge on any atom is 0.338 e. The molecule has 1 N–H and O–H groups in total. The van der Waals surface area contributed by atoms with Crippen LogP contribution in [-0.4, -0.2) is 33.1 Å². The smallest absolute Gasteiger partial charge is 0.338 e. The lowest BCUT2D eigenvalue weighted by molar-refractivity contribution is -0.130. The first-order valence-corrected chi connectivity index (χ1v) is 10.7. The highest BCUT2D eigenvalue weighted by Gasteiger charge is 2.25. The van der Waals surface area contributed by atoms with Gasteiger partial charge in [-0.3, -0.25) is 15.0 Å². The molecule has 5 rings (SSSR count). The van der Waals surface area contributed by atoms with E-state index in [2.05, 4.69) is 20.8 Å². The van der Waals surface area contributed by atoms with E-state index in [-0.39, 0.29) is 48.6 Å². The Hall–Kier alpha value is -4.80. The Kier molecular flexibility index (Phi) is 5.80. The Bertz CT molecular complexity index is 1390. The van der Waals surface area contributed by atoms with Crippen molar-refractivity contribution in [2.45, 2.75) is 26.4 Å². The number of aromatic nitrogens is 3. The molecule has 4 aromatic rings. The highest BCUT2D eigenvalue weighted by Crippen LogP contribution is 2.33. The summed E-state index contributed by atoms with van der Waals surface area (Å²) in [5, 5.41) is 13.3. The van der Waals surface area contributed by atoms with Crippen molar-refractivity contribution in [2.75, 3.05) is 5.01 Å². The van der Waals surface area contributed by atoms with Gasteiger partial charge in [-0.05, 0) is 31.2 Å². The van der Waals surface area contributed by atoms with Gasteiger partial charge < -0.3 is 13.7 Å². The highest BCUT2D eigenvalue weighted by molar-refractivity contribution is 6.01. The van der Waals surface area contributed by atoms with Crippen molar-refractivity contribution in [3.63, 3.8) is 0 Å². The average molecular weight is 473 g/mol. The molecule has 3 heterocycles. The second-order valence-electron chi connectivity index (χ2n) is 7.72. The van der Waals surface area contributed by atoms with Crippen LogP contribution in [0.25, 0.3) is 22.7 Å². The third-order valence-corrected chi connectivity index (χ3v) is 5.33. The molecule has 0 aliphatic carbocycles. The first-order valence-electron chi connectivity index (χ1n) is 10.7. The molecule has 2 aromatic heterocycles. The SMILES string of the molecule is Cc1onc(-c2ccccc2)c1-c1nnc(COC(=O)c2ccc(N3NC(=O)CCC3=O)cc2)o1. The number of carbonyl (C=O) groups is 3. The van der Waals surface area contributed by atoms with Gasteiger partial charge in [-0.2, -0.15) is 0 Å². The van der Waals surface area contributed by atoms with Crippen molar-refractivity contribution in [1.82, 2.24) is 20.8 Å². The minimum Gasteiger partial charge on any atom is -0.452 e. The molecule has 11 heteroatoms.